The molecule has 7 heteroatoms. The summed E-state index contributed by atoms with van der Waals surface area (Å²) in [5, 5.41) is 16.4. The van der Waals surface area contributed by atoms with Crippen LogP contribution in [0.2, 0.25) is 0 Å². The lowest BCUT2D eigenvalue weighted by molar-refractivity contribution is 0.319. The molecule has 0 aliphatic rings. The summed E-state index contributed by atoms with van der Waals surface area (Å²) in [7, 11) is -3.80. The van der Waals surface area contributed by atoms with Gasteiger partial charge in [0.15, 0.2) is 0 Å². The van der Waals surface area contributed by atoms with E-state index in [-0.39, 0.29) is 16.3 Å². The van der Waals surface area contributed by atoms with Gasteiger partial charge in [-0.05, 0) is 25.5 Å². The molecule has 0 saturated heterocycles. The van der Waals surface area contributed by atoms with Crippen LogP contribution in [-0.4, -0.2) is 25.0 Å². The lowest BCUT2D eigenvalue weighted by Gasteiger charge is -2.09. The molecule has 0 aliphatic heterocycles. The third kappa shape index (κ3) is 4.20. The Morgan fingerprint density at radius 2 is 1.71 bits per heavy atom. The Morgan fingerprint density at radius 3 is 2.25 bits per heavy atom. The molecular formula is C17H19N3O3S. The Bertz CT molecular complexity index is 842. The largest absolute Gasteiger partial charge is 0.411 e. The molecule has 0 atom stereocenters. The topological polar surface area (TPSA) is 91.1 Å². The van der Waals surface area contributed by atoms with Crippen molar-refractivity contribution in [2.75, 3.05) is 0 Å². The van der Waals surface area contributed by atoms with Gasteiger partial charge in [-0.1, -0.05) is 60.1 Å². The number of oxime groups is 1. The molecule has 0 fully saturated rings. The van der Waals surface area contributed by atoms with Gasteiger partial charge in [-0.15, -0.1) is 0 Å². The van der Waals surface area contributed by atoms with Crippen LogP contribution in [0.5, 0.6) is 0 Å². The van der Waals surface area contributed by atoms with Crippen molar-refractivity contribution < 1.29 is 13.6 Å². The van der Waals surface area contributed by atoms with Crippen LogP contribution in [0.25, 0.3) is 0 Å². The zero-order chi connectivity index (χ0) is 17.6. The zero-order valence-electron chi connectivity index (χ0n) is 13.5. The molecule has 2 aromatic carbocycles. The first-order chi connectivity index (χ1) is 11.5. The maximum Gasteiger partial charge on any atom is 0.276 e. The molecule has 0 spiro atoms. The van der Waals surface area contributed by atoms with E-state index in [0.717, 1.165) is 5.56 Å². The van der Waals surface area contributed by atoms with E-state index in [1.54, 1.807) is 43.3 Å². The van der Waals surface area contributed by atoms with Crippen LogP contribution in [-0.2, 0) is 10.0 Å². The Morgan fingerprint density at radius 1 is 1.08 bits per heavy atom. The van der Waals surface area contributed by atoms with Crippen LogP contribution < -0.4 is 4.83 Å². The van der Waals surface area contributed by atoms with Crippen LogP contribution in [0.3, 0.4) is 0 Å². The van der Waals surface area contributed by atoms with E-state index < -0.39 is 10.0 Å². The van der Waals surface area contributed by atoms with E-state index in [9.17, 15) is 8.42 Å². The molecule has 0 bridgehead atoms. The number of rotatable bonds is 6. The minimum Gasteiger partial charge on any atom is -0.411 e. The summed E-state index contributed by atoms with van der Waals surface area (Å²) in [5.41, 5.74) is 2.17. The van der Waals surface area contributed by atoms with Gasteiger partial charge in [-0.25, -0.2) is 0 Å². The number of hydrogen-bond acceptors (Lipinski definition) is 5. The molecule has 0 aliphatic carbocycles. The molecule has 126 valence electrons. The normalized spacial score (nSPS) is 12.9. The molecule has 2 aromatic rings. The second-order valence-corrected chi connectivity index (χ2v) is 6.80. The average Bonchev–Trinajstić information content (AvgIpc) is 2.59. The van der Waals surface area contributed by atoms with E-state index in [4.69, 9.17) is 5.21 Å². The van der Waals surface area contributed by atoms with Gasteiger partial charge in [0.05, 0.1) is 4.90 Å². The van der Waals surface area contributed by atoms with Gasteiger partial charge in [-0.2, -0.15) is 18.4 Å². The van der Waals surface area contributed by atoms with Crippen LogP contribution in [0, 0.1) is 6.92 Å². The second kappa shape index (κ2) is 7.74. The highest BCUT2D eigenvalue weighted by Gasteiger charge is 2.16. The third-order valence-corrected chi connectivity index (χ3v) is 4.61. The maximum absolute atomic E-state index is 12.4. The zero-order valence-corrected chi connectivity index (χ0v) is 14.3. The van der Waals surface area contributed by atoms with Crippen molar-refractivity contribution in [1.82, 2.24) is 4.83 Å². The average molecular weight is 345 g/mol. The summed E-state index contributed by atoms with van der Waals surface area (Å²) in [5.74, 6) is 0. The Kier molecular flexibility index (Phi) is 5.70. The minimum atomic E-state index is -3.80. The van der Waals surface area contributed by atoms with Crippen LogP contribution in [0.1, 0.15) is 24.5 Å². The lowest BCUT2D eigenvalue weighted by atomic mass is 10.0. The van der Waals surface area contributed by atoms with Crippen molar-refractivity contribution in [1.29, 1.82) is 0 Å². The molecule has 0 amide bonds. The fourth-order valence-corrected chi connectivity index (χ4v) is 2.86. The van der Waals surface area contributed by atoms with Gasteiger partial charge in [0.2, 0.25) is 0 Å². The van der Waals surface area contributed by atoms with Crippen molar-refractivity contribution >= 4 is 21.4 Å². The summed E-state index contributed by atoms with van der Waals surface area (Å²) in [6, 6.07) is 15.4. The first-order valence-electron chi connectivity index (χ1n) is 7.41. The monoisotopic (exact) mass is 345 g/mol. The van der Waals surface area contributed by atoms with Crippen molar-refractivity contribution in [3.63, 3.8) is 0 Å². The van der Waals surface area contributed by atoms with Gasteiger partial charge >= 0.3 is 0 Å². The van der Waals surface area contributed by atoms with Crippen LogP contribution >= 0.6 is 0 Å². The third-order valence-electron chi connectivity index (χ3n) is 3.39. The van der Waals surface area contributed by atoms with Crippen LogP contribution in [0.4, 0.5) is 0 Å². The number of sulfonamides is 1. The van der Waals surface area contributed by atoms with Crippen molar-refractivity contribution in [3.05, 3.63) is 65.7 Å². The van der Waals surface area contributed by atoms with E-state index in [1.165, 1.54) is 12.1 Å². The van der Waals surface area contributed by atoms with Crippen molar-refractivity contribution in [3.8, 4) is 0 Å². The summed E-state index contributed by atoms with van der Waals surface area (Å²) in [6.45, 7) is 3.67. The van der Waals surface area contributed by atoms with Crippen molar-refractivity contribution in [2.45, 2.75) is 25.2 Å². The van der Waals surface area contributed by atoms with E-state index in [0.29, 0.717) is 12.0 Å². The van der Waals surface area contributed by atoms with Gasteiger partial charge in [0, 0.05) is 5.56 Å². The fraction of sp³-hybridized carbons (Fsp3) is 0.176. The molecular weight excluding hydrogens is 326 g/mol. The molecule has 0 unspecified atom stereocenters. The van der Waals surface area contributed by atoms with E-state index in [1.807, 2.05) is 13.0 Å². The van der Waals surface area contributed by atoms with Gasteiger partial charge in [0.25, 0.3) is 10.0 Å². The molecule has 2 N–H and O–H groups in total. The summed E-state index contributed by atoms with van der Waals surface area (Å²) in [4.78, 5) is 2.32. The Hall–Kier alpha value is -2.67. The van der Waals surface area contributed by atoms with E-state index in [2.05, 4.69) is 15.1 Å². The lowest BCUT2D eigenvalue weighted by Crippen LogP contribution is -2.24. The number of nitrogens with zero attached hydrogens (tertiary/aromatic N) is 2. The van der Waals surface area contributed by atoms with Crippen molar-refractivity contribution in [2.24, 2.45) is 10.3 Å². The second-order valence-electron chi connectivity index (χ2n) is 5.13. The minimum absolute atomic E-state index is 0.114. The predicted octanol–water partition coefficient (Wildman–Crippen LogP) is 2.92. The number of hydrogen-bond donors (Lipinski definition) is 2. The SMILES string of the molecule is CCC(=NO)C(=NNS(=O)(=O)c1ccc(C)cc1)c1ccccc1. The van der Waals surface area contributed by atoms with Gasteiger partial charge in [-0.3, -0.25) is 0 Å². The first kappa shape index (κ1) is 17.7. The summed E-state index contributed by atoms with van der Waals surface area (Å²) in [6.07, 6.45) is 0.399. The highest BCUT2D eigenvalue weighted by molar-refractivity contribution is 7.89. The quantitative estimate of drug-likeness (QED) is 0.479. The molecule has 0 heterocycles. The maximum atomic E-state index is 12.4. The van der Waals surface area contributed by atoms with Gasteiger partial charge < -0.3 is 5.21 Å². The highest BCUT2D eigenvalue weighted by atomic mass is 32.2. The smallest absolute Gasteiger partial charge is 0.276 e. The molecule has 2 rings (SSSR count). The molecule has 0 radical (unpaired) electrons. The number of aryl methyl sites for hydroxylation is 1. The molecule has 0 saturated carbocycles. The predicted molar refractivity (Wildman–Crippen MR) is 94.0 cm³/mol. The number of hydrazone groups is 1. The molecule has 24 heavy (non-hydrogen) atoms. The standard InChI is InChI=1S/C17H19N3O3S/c1-3-16(19-21)17(14-7-5-4-6-8-14)18-20-24(22,23)15-11-9-13(2)10-12-15/h4-12,20-21H,3H2,1-2H3. The number of nitrogens with one attached hydrogen (secondary N) is 1. The summed E-state index contributed by atoms with van der Waals surface area (Å²) < 4.78 is 24.7. The van der Waals surface area contributed by atoms with E-state index >= 15 is 0 Å². The fourth-order valence-electron chi connectivity index (χ4n) is 2.05. The molecule has 6 nitrogen and oxygen atoms in total. The summed E-state index contributed by atoms with van der Waals surface area (Å²) >= 11 is 0. The first-order valence-corrected chi connectivity index (χ1v) is 8.89. The number of benzene rings is 2. The highest BCUT2D eigenvalue weighted by Crippen LogP contribution is 2.11. The van der Waals surface area contributed by atoms with Gasteiger partial charge in [0.1, 0.15) is 11.4 Å². The van der Waals surface area contributed by atoms with Crippen LogP contribution in [0.15, 0.2) is 69.7 Å². The Balaban J connectivity index is 2.38. The Labute approximate surface area is 141 Å². The molecule has 0 aromatic heterocycles.